The molecular formula is C22H22N5O3+. The second-order valence-electron chi connectivity index (χ2n) is 6.89. The molecule has 1 saturated heterocycles. The van der Waals surface area contributed by atoms with Crippen LogP contribution in [-0.2, 0) is 4.74 Å². The molecule has 4 rings (SSSR count). The van der Waals surface area contributed by atoms with Crippen LogP contribution < -0.4 is 10.3 Å². The van der Waals surface area contributed by atoms with E-state index in [4.69, 9.17) is 10.5 Å². The largest absolute Gasteiger partial charge is 0.378 e. The van der Waals surface area contributed by atoms with Crippen LogP contribution in [0.1, 0.15) is 20.7 Å². The van der Waals surface area contributed by atoms with Crippen molar-refractivity contribution in [2.75, 3.05) is 26.3 Å². The van der Waals surface area contributed by atoms with Crippen LogP contribution in [0.2, 0.25) is 0 Å². The number of hydrogen-bond acceptors (Lipinski definition) is 4. The first-order valence-electron chi connectivity index (χ1n) is 9.57. The normalized spacial score (nSPS) is 13.8. The Morgan fingerprint density at radius 2 is 1.70 bits per heavy atom. The second-order valence-corrected chi connectivity index (χ2v) is 6.89. The Hall–Kier alpha value is -3.78. The Balaban J connectivity index is 1.60. The maximum atomic E-state index is 12.6. The van der Waals surface area contributed by atoms with Gasteiger partial charge in [-0.3, -0.25) is 9.59 Å². The first-order valence-corrected chi connectivity index (χ1v) is 9.57. The van der Waals surface area contributed by atoms with E-state index >= 15 is 0 Å². The van der Waals surface area contributed by atoms with Crippen LogP contribution in [0.5, 0.6) is 0 Å². The lowest BCUT2D eigenvalue weighted by Gasteiger charge is -2.26. The molecule has 0 atom stereocenters. The van der Waals surface area contributed by atoms with Crippen molar-refractivity contribution < 1.29 is 14.3 Å². The van der Waals surface area contributed by atoms with Gasteiger partial charge in [0.1, 0.15) is 5.69 Å². The highest BCUT2D eigenvalue weighted by Crippen LogP contribution is 2.24. The highest BCUT2D eigenvalue weighted by atomic mass is 16.5. The summed E-state index contributed by atoms with van der Waals surface area (Å²) < 4.78 is 8.41. The summed E-state index contributed by atoms with van der Waals surface area (Å²) in [6.07, 6.45) is 1.58. The monoisotopic (exact) mass is 404 g/mol. The summed E-state index contributed by atoms with van der Waals surface area (Å²) >= 11 is 0. The molecule has 1 aromatic heterocycles. The molecule has 3 aromatic rings. The molecule has 1 aliphatic rings. The van der Waals surface area contributed by atoms with Crippen LogP contribution in [0.3, 0.4) is 0 Å². The van der Waals surface area contributed by atoms with Gasteiger partial charge in [-0.15, -0.1) is 4.68 Å². The van der Waals surface area contributed by atoms with Gasteiger partial charge in [0, 0.05) is 18.7 Å². The molecular weight excluding hydrogens is 382 g/mol. The molecule has 2 N–H and O–H groups in total. The molecule has 0 radical (unpaired) electrons. The number of ether oxygens (including phenoxy) is 1. The lowest BCUT2D eigenvalue weighted by molar-refractivity contribution is 0.0303. The fourth-order valence-electron chi connectivity index (χ4n) is 3.31. The van der Waals surface area contributed by atoms with Gasteiger partial charge in [0.25, 0.3) is 11.8 Å². The van der Waals surface area contributed by atoms with Gasteiger partial charge >= 0.3 is 5.82 Å². The third-order valence-electron chi connectivity index (χ3n) is 4.96. The van der Waals surface area contributed by atoms with Crippen LogP contribution in [0.15, 0.2) is 60.8 Å². The van der Waals surface area contributed by atoms with Gasteiger partial charge in [0.15, 0.2) is 5.56 Å². The molecule has 0 spiro atoms. The average Bonchev–Trinajstić information content (AvgIpc) is 3.25. The number of morpholine rings is 1. The molecule has 30 heavy (non-hydrogen) atoms. The smallest absolute Gasteiger partial charge is 0.367 e. The number of rotatable bonds is 5. The Morgan fingerprint density at radius 3 is 2.33 bits per heavy atom. The van der Waals surface area contributed by atoms with Crippen LogP contribution in [0.4, 0.5) is 11.5 Å². The van der Waals surface area contributed by atoms with Gasteiger partial charge in [-0.1, -0.05) is 18.2 Å². The Labute approximate surface area is 173 Å². The van der Waals surface area contributed by atoms with Gasteiger partial charge in [-0.25, -0.2) is 4.58 Å². The number of nitrogens with two attached hydrogens (primary N) is 1. The minimum atomic E-state index is -0.597. The summed E-state index contributed by atoms with van der Waals surface area (Å²) in [5.74, 6) is -0.301. The molecule has 0 unspecified atom stereocenters. The minimum absolute atomic E-state index is 0.0355. The summed E-state index contributed by atoms with van der Waals surface area (Å²) in [6, 6.07) is 16.4. The third-order valence-corrected chi connectivity index (χ3v) is 4.96. The topological polar surface area (TPSA) is 93.5 Å². The number of para-hydroxylation sites is 1. The van der Waals surface area contributed by atoms with Crippen molar-refractivity contribution in [3.8, 4) is 5.69 Å². The molecule has 2 amide bonds. The fourth-order valence-corrected chi connectivity index (χ4v) is 3.31. The van der Waals surface area contributed by atoms with Crippen LogP contribution in [-0.4, -0.2) is 59.5 Å². The number of nitrogens with zero attached hydrogens (tertiary/aromatic N) is 4. The van der Waals surface area contributed by atoms with E-state index in [-0.39, 0.29) is 11.5 Å². The predicted molar refractivity (Wildman–Crippen MR) is 114 cm³/mol. The van der Waals surface area contributed by atoms with Crippen molar-refractivity contribution in [2.45, 2.75) is 0 Å². The molecule has 2 aromatic carbocycles. The molecule has 8 nitrogen and oxygen atoms in total. The number of hydrogen-bond donors (Lipinski definition) is 1. The van der Waals surface area contributed by atoms with E-state index in [9.17, 15) is 9.59 Å². The van der Waals surface area contributed by atoms with Gasteiger partial charge in [-0.2, -0.15) is 0 Å². The fraction of sp³-hybridized carbons (Fsp3) is 0.182. The van der Waals surface area contributed by atoms with Crippen molar-refractivity contribution in [3.63, 3.8) is 0 Å². The van der Waals surface area contributed by atoms with E-state index in [2.05, 4.69) is 11.8 Å². The highest BCUT2D eigenvalue weighted by Gasteiger charge is 2.27. The van der Waals surface area contributed by atoms with Crippen molar-refractivity contribution in [2.24, 2.45) is 5.73 Å². The molecule has 0 saturated carbocycles. The zero-order chi connectivity index (χ0) is 21.1. The van der Waals surface area contributed by atoms with Crippen LogP contribution >= 0.6 is 0 Å². The molecule has 1 aliphatic heterocycles. The minimum Gasteiger partial charge on any atom is -0.378 e. The van der Waals surface area contributed by atoms with Gasteiger partial charge in [0.05, 0.1) is 36.9 Å². The first-order chi connectivity index (χ1) is 14.5. The zero-order valence-electron chi connectivity index (χ0n) is 16.4. The number of carbonyl (C=O) groups is 2. The van der Waals surface area contributed by atoms with E-state index in [0.29, 0.717) is 43.4 Å². The van der Waals surface area contributed by atoms with E-state index in [0.717, 1.165) is 5.69 Å². The summed E-state index contributed by atoms with van der Waals surface area (Å²) in [6.45, 7) is 6.30. The number of aromatic nitrogens is 2. The first kappa shape index (κ1) is 19.5. The summed E-state index contributed by atoms with van der Waals surface area (Å²) in [5, 5.41) is 4.50. The number of amides is 2. The molecule has 1 fully saturated rings. The maximum Gasteiger partial charge on any atom is 0.367 e. The maximum absolute atomic E-state index is 12.6. The molecule has 0 aliphatic carbocycles. The SMILES string of the molecule is C=[N+](c1ccc(C(=O)N2CCOCC2)cc1)c1nn(-c2ccccc2)cc1C(N)=O. The van der Waals surface area contributed by atoms with E-state index < -0.39 is 5.91 Å². The number of primary amides is 1. The van der Waals surface area contributed by atoms with E-state index in [1.807, 2.05) is 30.3 Å². The van der Waals surface area contributed by atoms with Gasteiger partial charge < -0.3 is 15.4 Å². The summed E-state index contributed by atoms with van der Waals surface area (Å²) in [7, 11) is 0. The van der Waals surface area contributed by atoms with Crippen molar-refractivity contribution in [1.29, 1.82) is 0 Å². The molecule has 8 heteroatoms. The van der Waals surface area contributed by atoms with Crippen molar-refractivity contribution in [3.05, 3.63) is 71.9 Å². The molecule has 2 heterocycles. The average molecular weight is 404 g/mol. The third kappa shape index (κ3) is 3.85. The standard InChI is InChI=1S/C22H21N5O3/c1-25(17-9-7-16(8-10-17)22(29)26-11-13-30-14-12-26)21-19(20(23)28)15-27(24-21)18-5-3-2-4-6-18/h2-10,15H,1,11-14H2,(H-,23,28)/p+1. The van der Waals surface area contributed by atoms with Crippen LogP contribution in [0.25, 0.3) is 5.69 Å². The Kier molecular flexibility index (Phi) is 5.40. The summed E-state index contributed by atoms with van der Waals surface area (Å²) in [5.41, 5.74) is 7.87. The van der Waals surface area contributed by atoms with Crippen LogP contribution in [0, 0.1) is 0 Å². The van der Waals surface area contributed by atoms with Gasteiger partial charge in [-0.05, 0) is 36.4 Å². The van der Waals surface area contributed by atoms with E-state index in [1.165, 1.54) is 4.58 Å². The zero-order valence-corrected chi connectivity index (χ0v) is 16.4. The molecule has 0 bridgehead atoms. The number of carbonyl (C=O) groups excluding carboxylic acids is 2. The van der Waals surface area contributed by atoms with E-state index in [1.54, 1.807) is 40.0 Å². The lowest BCUT2D eigenvalue weighted by Crippen LogP contribution is -2.40. The predicted octanol–water partition coefficient (Wildman–Crippen LogP) is 1.98. The second kappa shape index (κ2) is 8.30. The van der Waals surface area contributed by atoms with Crippen molar-refractivity contribution in [1.82, 2.24) is 19.3 Å². The number of benzene rings is 2. The Bertz CT molecular complexity index is 1080. The quantitative estimate of drug-likeness (QED) is 0.520. The highest BCUT2D eigenvalue weighted by molar-refractivity contribution is 5.98. The van der Waals surface area contributed by atoms with Gasteiger partial charge in [0.2, 0.25) is 0 Å². The molecule has 152 valence electrons. The summed E-state index contributed by atoms with van der Waals surface area (Å²) in [4.78, 5) is 26.4. The lowest BCUT2D eigenvalue weighted by atomic mass is 10.1. The van der Waals surface area contributed by atoms with Crippen molar-refractivity contribution >= 4 is 30.0 Å². The Morgan fingerprint density at radius 1 is 1.03 bits per heavy atom.